The fourth-order valence-electron chi connectivity index (χ4n) is 2.91. The molecule has 0 atom stereocenters. The lowest BCUT2D eigenvalue weighted by molar-refractivity contribution is 0.580. The zero-order valence-electron chi connectivity index (χ0n) is 10.5. The van der Waals surface area contributed by atoms with E-state index < -0.39 is 9.84 Å². The Kier molecular flexibility index (Phi) is 2.70. The van der Waals surface area contributed by atoms with Gasteiger partial charge in [-0.2, -0.15) is 0 Å². The third-order valence-corrected chi connectivity index (χ3v) is 6.20. The average molecular weight is 263 g/mol. The molecule has 18 heavy (non-hydrogen) atoms. The summed E-state index contributed by atoms with van der Waals surface area (Å²) in [4.78, 5) is 0.507. The first kappa shape index (κ1) is 11.8. The van der Waals surface area contributed by atoms with Crippen LogP contribution in [0.5, 0.6) is 0 Å². The summed E-state index contributed by atoms with van der Waals surface area (Å²) >= 11 is 0. The zero-order valence-corrected chi connectivity index (χ0v) is 11.3. The van der Waals surface area contributed by atoms with Crippen LogP contribution in [-0.2, 0) is 16.9 Å². The summed E-state index contributed by atoms with van der Waals surface area (Å²) < 4.78 is 27.2. The number of hydrogen-bond acceptors (Lipinski definition) is 2. The van der Waals surface area contributed by atoms with Crippen LogP contribution in [0.15, 0.2) is 35.4 Å². The van der Waals surface area contributed by atoms with Crippen molar-refractivity contribution in [3.63, 3.8) is 0 Å². The Morgan fingerprint density at radius 1 is 1.17 bits per heavy atom. The molecule has 0 bridgehead atoms. The molecule has 3 nitrogen and oxygen atoms in total. The Bertz CT molecular complexity index is 679. The minimum absolute atomic E-state index is 0.177. The smallest absolute Gasteiger partial charge is 0.183 e. The van der Waals surface area contributed by atoms with E-state index in [0.717, 1.165) is 36.6 Å². The number of hydrogen-bond donors (Lipinski definition) is 0. The van der Waals surface area contributed by atoms with Crippen molar-refractivity contribution in [3.8, 4) is 0 Å². The van der Waals surface area contributed by atoms with Crippen molar-refractivity contribution in [2.75, 3.05) is 0 Å². The maximum atomic E-state index is 12.6. The van der Waals surface area contributed by atoms with Gasteiger partial charge in [-0.15, -0.1) is 0 Å². The van der Waals surface area contributed by atoms with Crippen LogP contribution in [-0.4, -0.2) is 18.2 Å². The molecule has 2 aromatic rings. The normalized spacial score (nSPS) is 17.6. The molecule has 3 rings (SSSR count). The summed E-state index contributed by atoms with van der Waals surface area (Å²) in [5.74, 6) is 0. The number of sulfone groups is 1. The zero-order chi connectivity index (χ0) is 12.8. The van der Waals surface area contributed by atoms with Crippen molar-refractivity contribution >= 4 is 20.7 Å². The van der Waals surface area contributed by atoms with Gasteiger partial charge in [-0.05, 0) is 18.9 Å². The van der Waals surface area contributed by atoms with E-state index in [0.29, 0.717) is 4.90 Å². The quantitative estimate of drug-likeness (QED) is 0.835. The summed E-state index contributed by atoms with van der Waals surface area (Å²) in [6.45, 7) is 0. The van der Waals surface area contributed by atoms with E-state index in [1.54, 1.807) is 6.20 Å². The molecule has 96 valence electrons. The molecule has 1 saturated carbocycles. The van der Waals surface area contributed by atoms with Crippen molar-refractivity contribution in [1.82, 2.24) is 4.57 Å². The van der Waals surface area contributed by atoms with Gasteiger partial charge in [0.2, 0.25) is 0 Å². The van der Waals surface area contributed by atoms with Gasteiger partial charge < -0.3 is 4.57 Å². The molecule has 0 aliphatic heterocycles. The molecule has 1 aliphatic rings. The molecule has 0 N–H and O–H groups in total. The van der Waals surface area contributed by atoms with E-state index in [9.17, 15) is 8.42 Å². The lowest BCUT2D eigenvalue weighted by Gasteiger charge is -2.09. The lowest BCUT2D eigenvalue weighted by Crippen LogP contribution is -2.17. The molecule has 4 heteroatoms. The first-order valence-electron chi connectivity index (χ1n) is 6.38. The second-order valence-electron chi connectivity index (χ2n) is 5.07. The number of aryl methyl sites for hydroxylation is 1. The number of benzene rings is 1. The van der Waals surface area contributed by atoms with E-state index >= 15 is 0 Å². The summed E-state index contributed by atoms with van der Waals surface area (Å²) in [6.07, 6.45) is 5.46. The van der Waals surface area contributed by atoms with Crippen molar-refractivity contribution < 1.29 is 8.42 Å². The van der Waals surface area contributed by atoms with Crippen molar-refractivity contribution in [1.29, 1.82) is 0 Å². The highest BCUT2D eigenvalue weighted by Gasteiger charge is 2.32. The largest absolute Gasteiger partial charge is 0.349 e. The monoisotopic (exact) mass is 263 g/mol. The second-order valence-corrected chi connectivity index (χ2v) is 7.27. The molecule has 0 unspecified atom stereocenters. The van der Waals surface area contributed by atoms with Gasteiger partial charge in [0, 0.05) is 24.1 Å². The molecule has 1 aromatic carbocycles. The number of para-hydroxylation sites is 1. The first-order valence-corrected chi connectivity index (χ1v) is 7.93. The summed E-state index contributed by atoms with van der Waals surface area (Å²) in [5, 5.41) is 0.676. The summed E-state index contributed by atoms with van der Waals surface area (Å²) in [5.41, 5.74) is 0.981. The van der Waals surface area contributed by atoms with E-state index in [-0.39, 0.29) is 5.25 Å². The highest BCUT2D eigenvalue weighted by molar-refractivity contribution is 7.92. The second kappa shape index (κ2) is 4.12. The van der Waals surface area contributed by atoms with Crippen LogP contribution in [0.1, 0.15) is 25.7 Å². The fourth-order valence-corrected chi connectivity index (χ4v) is 5.01. The van der Waals surface area contributed by atoms with Gasteiger partial charge in [0.05, 0.1) is 10.1 Å². The van der Waals surface area contributed by atoms with Gasteiger partial charge in [-0.25, -0.2) is 8.42 Å². The van der Waals surface area contributed by atoms with Gasteiger partial charge >= 0.3 is 0 Å². The molecule has 0 amide bonds. The molecular weight excluding hydrogens is 246 g/mol. The third-order valence-electron chi connectivity index (χ3n) is 3.91. The number of fused-ring (bicyclic) bond motifs is 1. The van der Waals surface area contributed by atoms with Gasteiger partial charge in [-0.3, -0.25) is 0 Å². The molecular formula is C14H17NO2S. The van der Waals surface area contributed by atoms with Gasteiger partial charge in [0.1, 0.15) is 0 Å². The topological polar surface area (TPSA) is 39.1 Å². The van der Waals surface area contributed by atoms with Crippen LogP contribution >= 0.6 is 0 Å². The molecule has 1 fully saturated rings. The highest BCUT2D eigenvalue weighted by Crippen LogP contribution is 2.33. The van der Waals surface area contributed by atoms with E-state index in [2.05, 4.69) is 0 Å². The molecule has 0 saturated heterocycles. The van der Waals surface area contributed by atoms with E-state index in [1.807, 2.05) is 35.9 Å². The Hall–Kier alpha value is -1.29. The number of rotatable bonds is 2. The summed E-state index contributed by atoms with van der Waals surface area (Å²) in [7, 11) is -1.27. The van der Waals surface area contributed by atoms with Crippen LogP contribution in [0, 0.1) is 0 Å². The summed E-state index contributed by atoms with van der Waals surface area (Å²) in [6, 6.07) is 7.70. The average Bonchev–Trinajstić information content (AvgIpc) is 2.98. The van der Waals surface area contributed by atoms with Crippen LogP contribution in [0.4, 0.5) is 0 Å². The first-order chi connectivity index (χ1) is 8.60. The van der Waals surface area contributed by atoms with Crippen molar-refractivity contribution in [3.05, 3.63) is 30.5 Å². The van der Waals surface area contributed by atoms with Gasteiger partial charge in [0.15, 0.2) is 9.84 Å². The van der Waals surface area contributed by atoms with Crippen LogP contribution in [0.3, 0.4) is 0 Å². The minimum atomic E-state index is -3.17. The standard InChI is InChI=1S/C14H17NO2S/c1-15-10-14(12-8-4-5-9-13(12)15)18(16,17)11-6-2-3-7-11/h4-5,8-11H,2-3,6-7H2,1H3. The van der Waals surface area contributed by atoms with Crippen LogP contribution in [0.25, 0.3) is 10.9 Å². The Labute approximate surface area is 107 Å². The molecule has 1 aliphatic carbocycles. The minimum Gasteiger partial charge on any atom is -0.349 e. The van der Waals surface area contributed by atoms with Crippen molar-refractivity contribution in [2.45, 2.75) is 35.8 Å². The number of aromatic nitrogens is 1. The van der Waals surface area contributed by atoms with Gasteiger partial charge in [-0.1, -0.05) is 31.0 Å². The fraction of sp³-hybridized carbons (Fsp3) is 0.429. The SMILES string of the molecule is Cn1cc(S(=O)(=O)C2CCCC2)c2ccccc21. The third kappa shape index (κ3) is 1.67. The number of nitrogens with zero attached hydrogens (tertiary/aromatic N) is 1. The van der Waals surface area contributed by atoms with Gasteiger partial charge in [0.25, 0.3) is 0 Å². The maximum absolute atomic E-state index is 12.6. The molecule has 0 radical (unpaired) electrons. The lowest BCUT2D eigenvalue weighted by atomic mass is 10.2. The van der Waals surface area contributed by atoms with Crippen LogP contribution < -0.4 is 0 Å². The van der Waals surface area contributed by atoms with Crippen molar-refractivity contribution in [2.24, 2.45) is 7.05 Å². The predicted molar refractivity (Wildman–Crippen MR) is 72.4 cm³/mol. The van der Waals surface area contributed by atoms with E-state index in [1.165, 1.54) is 0 Å². The highest BCUT2D eigenvalue weighted by atomic mass is 32.2. The molecule has 1 aromatic heterocycles. The maximum Gasteiger partial charge on any atom is 0.183 e. The van der Waals surface area contributed by atoms with Crippen LogP contribution in [0.2, 0.25) is 0 Å². The Balaban J connectivity index is 2.20. The molecule has 1 heterocycles. The predicted octanol–water partition coefficient (Wildman–Crippen LogP) is 2.89. The Morgan fingerprint density at radius 2 is 1.83 bits per heavy atom. The molecule has 0 spiro atoms. The van der Waals surface area contributed by atoms with E-state index in [4.69, 9.17) is 0 Å². The Morgan fingerprint density at radius 3 is 2.56 bits per heavy atom.